The van der Waals surface area contributed by atoms with Crippen molar-refractivity contribution >= 4 is 39.4 Å². The molecule has 2 aromatic carbocycles. The van der Waals surface area contributed by atoms with Crippen LogP contribution in [0.2, 0.25) is 5.02 Å². The van der Waals surface area contributed by atoms with Crippen LogP contribution in [0.1, 0.15) is 15.9 Å². The van der Waals surface area contributed by atoms with Gasteiger partial charge in [-0.1, -0.05) is 45.7 Å². The number of rotatable bonds is 4. The lowest BCUT2D eigenvalue weighted by Crippen LogP contribution is -1.95. The lowest BCUT2D eigenvalue weighted by molar-refractivity contribution is 0.104. The fourth-order valence-corrected chi connectivity index (χ4v) is 2.47. The summed E-state index contributed by atoms with van der Waals surface area (Å²) in [7, 11) is 1.44. The molecule has 5 heteroatoms. The van der Waals surface area contributed by atoms with Crippen molar-refractivity contribution in [2.45, 2.75) is 0 Å². The average Bonchev–Trinajstić information content (AvgIpc) is 2.48. The first-order valence-corrected chi connectivity index (χ1v) is 7.23. The highest BCUT2D eigenvalue weighted by atomic mass is 79.9. The molecule has 0 radical (unpaired) electrons. The summed E-state index contributed by atoms with van der Waals surface area (Å²) in [6, 6.07) is 10.3. The maximum Gasteiger partial charge on any atom is 0.186 e. The lowest BCUT2D eigenvalue weighted by atomic mass is 10.1. The number of phenols is 1. The number of ketones is 1. The summed E-state index contributed by atoms with van der Waals surface area (Å²) in [4.78, 5) is 12.1. The summed E-state index contributed by atoms with van der Waals surface area (Å²) in [6.45, 7) is 0. The second kappa shape index (κ2) is 6.78. The predicted molar refractivity (Wildman–Crippen MR) is 87.2 cm³/mol. The van der Waals surface area contributed by atoms with Crippen LogP contribution in [-0.2, 0) is 0 Å². The minimum absolute atomic E-state index is 0.117. The number of hydrogen-bond donors (Lipinski definition) is 1. The van der Waals surface area contributed by atoms with Gasteiger partial charge in [-0.2, -0.15) is 0 Å². The quantitative estimate of drug-likeness (QED) is 0.628. The number of methoxy groups -OCH3 is 1. The van der Waals surface area contributed by atoms with E-state index in [0.717, 1.165) is 4.47 Å². The van der Waals surface area contributed by atoms with Crippen molar-refractivity contribution in [3.8, 4) is 11.5 Å². The zero-order valence-corrected chi connectivity index (χ0v) is 13.5. The van der Waals surface area contributed by atoms with Crippen molar-refractivity contribution in [1.82, 2.24) is 0 Å². The Morgan fingerprint density at radius 2 is 2.05 bits per heavy atom. The Hall–Kier alpha value is -1.78. The van der Waals surface area contributed by atoms with Crippen molar-refractivity contribution in [1.29, 1.82) is 0 Å². The molecule has 0 saturated heterocycles. The van der Waals surface area contributed by atoms with Crippen LogP contribution >= 0.6 is 27.5 Å². The molecule has 0 saturated carbocycles. The number of halogens is 2. The first-order valence-electron chi connectivity index (χ1n) is 6.06. The van der Waals surface area contributed by atoms with Crippen LogP contribution in [0.3, 0.4) is 0 Å². The van der Waals surface area contributed by atoms with E-state index in [9.17, 15) is 9.90 Å². The number of aromatic hydroxyl groups is 1. The molecule has 108 valence electrons. The molecule has 0 fully saturated rings. The van der Waals surface area contributed by atoms with E-state index in [1.807, 2.05) is 12.1 Å². The number of carbonyl (C=O) groups excluding carboxylic acids is 1. The summed E-state index contributed by atoms with van der Waals surface area (Å²) in [5, 5.41) is 9.83. The number of phenolic OH excluding ortho intramolecular Hbond substituents is 1. The Balaban J connectivity index is 2.28. The van der Waals surface area contributed by atoms with E-state index >= 15 is 0 Å². The molecular formula is C16H12BrClO3. The van der Waals surface area contributed by atoms with E-state index in [0.29, 0.717) is 11.1 Å². The number of carbonyl (C=O) groups is 1. The lowest BCUT2D eigenvalue weighted by Gasteiger charge is -2.06. The topological polar surface area (TPSA) is 46.5 Å². The van der Waals surface area contributed by atoms with Crippen LogP contribution < -0.4 is 4.74 Å². The van der Waals surface area contributed by atoms with Crippen LogP contribution in [-0.4, -0.2) is 18.0 Å². The Bertz CT molecular complexity index is 711. The molecule has 0 unspecified atom stereocenters. The Morgan fingerprint density at radius 1 is 1.33 bits per heavy atom. The zero-order valence-electron chi connectivity index (χ0n) is 11.1. The summed E-state index contributed by atoms with van der Waals surface area (Å²) in [5.74, 6) is 0.00887. The summed E-state index contributed by atoms with van der Waals surface area (Å²) in [5.41, 5.74) is 1.24. The molecule has 3 nitrogen and oxygen atoms in total. The molecule has 2 aromatic rings. The SMILES string of the molecule is COc1cc(/C=C/C(=O)c2ccccc2Br)cc(Cl)c1O. The van der Waals surface area contributed by atoms with Gasteiger partial charge >= 0.3 is 0 Å². The highest BCUT2D eigenvalue weighted by molar-refractivity contribution is 9.10. The minimum Gasteiger partial charge on any atom is -0.503 e. The monoisotopic (exact) mass is 366 g/mol. The van der Waals surface area contributed by atoms with Crippen molar-refractivity contribution in [3.63, 3.8) is 0 Å². The first-order chi connectivity index (χ1) is 10.0. The highest BCUT2D eigenvalue weighted by Gasteiger charge is 2.09. The zero-order chi connectivity index (χ0) is 15.4. The van der Waals surface area contributed by atoms with E-state index < -0.39 is 0 Å². The van der Waals surface area contributed by atoms with Crippen molar-refractivity contribution in [2.24, 2.45) is 0 Å². The van der Waals surface area contributed by atoms with Crippen molar-refractivity contribution < 1.29 is 14.6 Å². The van der Waals surface area contributed by atoms with Gasteiger partial charge in [0.25, 0.3) is 0 Å². The summed E-state index contributed by atoms with van der Waals surface area (Å²) in [6.07, 6.45) is 3.07. The molecule has 0 aliphatic carbocycles. The Morgan fingerprint density at radius 3 is 2.71 bits per heavy atom. The van der Waals surface area contributed by atoms with E-state index in [-0.39, 0.29) is 22.3 Å². The number of hydrogen-bond acceptors (Lipinski definition) is 3. The van der Waals surface area contributed by atoms with Crippen LogP contribution in [0, 0.1) is 0 Å². The van der Waals surface area contributed by atoms with Gasteiger partial charge in [0.05, 0.1) is 12.1 Å². The molecule has 0 atom stereocenters. The number of ether oxygens (including phenoxy) is 1. The number of benzene rings is 2. The average molecular weight is 368 g/mol. The van der Waals surface area contributed by atoms with Gasteiger partial charge in [0.1, 0.15) is 0 Å². The second-order valence-electron chi connectivity index (χ2n) is 4.23. The molecule has 0 spiro atoms. The summed E-state index contributed by atoms with van der Waals surface area (Å²) >= 11 is 9.24. The van der Waals surface area contributed by atoms with Gasteiger partial charge < -0.3 is 9.84 Å². The molecular weight excluding hydrogens is 356 g/mol. The normalized spacial score (nSPS) is 10.8. The third-order valence-electron chi connectivity index (χ3n) is 2.84. The van der Waals surface area contributed by atoms with Gasteiger partial charge in [-0.25, -0.2) is 0 Å². The second-order valence-corrected chi connectivity index (χ2v) is 5.49. The van der Waals surface area contributed by atoms with Gasteiger partial charge in [0.15, 0.2) is 17.3 Å². The largest absolute Gasteiger partial charge is 0.503 e. The van der Waals surface area contributed by atoms with Gasteiger partial charge in [-0.3, -0.25) is 4.79 Å². The molecule has 0 amide bonds. The molecule has 1 N–H and O–H groups in total. The van der Waals surface area contributed by atoms with Crippen molar-refractivity contribution in [2.75, 3.05) is 7.11 Å². The third-order valence-corrected chi connectivity index (χ3v) is 3.82. The first kappa shape index (κ1) is 15.6. The van der Waals surface area contributed by atoms with Gasteiger partial charge in [0.2, 0.25) is 0 Å². The highest BCUT2D eigenvalue weighted by Crippen LogP contribution is 2.35. The molecule has 21 heavy (non-hydrogen) atoms. The maximum atomic E-state index is 12.1. The number of allylic oxidation sites excluding steroid dienone is 1. The molecule has 0 aromatic heterocycles. The molecule has 0 bridgehead atoms. The van der Waals surface area contributed by atoms with Crippen LogP contribution in [0.15, 0.2) is 46.9 Å². The van der Waals surface area contributed by atoms with Crippen LogP contribution in [0.25, 0.3) is 6.08 Å². The fraction of sp³-hybridized carbons (Fsp3) is 0.0625. The molecule has 0 heterocycles. The van der Waals surface area contributed by atoms with E-state index in [1.165, 1.54) is 13.2 Å². The predicted octanol–water partition coefficient (Wildman–Crippen LogP) is 4.71. The van der Waals surface area contributed by atoms with E-state index in [2.05, 4.69) is 15.9 Å². The molecule has 2 rings (SSSR count). The minimum atomic E-state index is -0.134. The smallest absolute Gasteiger partial charge is 0.186 e. The maximum absolute atomic E-state index is 12.1. The van der Waals surface area contributed by atoms with Gasteiger partial charge in [-0.15, -0.1) is 0 Å². The summed E-state index contributed by atoms with van der Waals surface area (Å²) < 4.78 is 5.75. The molecule has 0 aliphatic rings. The van der Waals surface area contributed by atoms with E-state index in [1.54, 1.807) is 30.3 Å². The van der Waals surface area contributed by atoms with Gasteiger partial charge in [0, 0.05) is 10.0 Å². The Labute approximate surface area is 135 Å². The van der Waals surface area contributed by atoms with Crippen LogP contribution in [0.5, 0.6) is 11.5 Å². The van der Waals surface area contributed by atoms with Crippen LogP contribution in [0.4, 0.5) is 0 Å². The third kappa shape index (κ3) is 3.65. The standard InChI is InChI=1S/C16H12BrClO3/c1-21-15-9-10(8-13(18)16(15)20)6-7-14(19)11-4-2-3-5-12(11)17/h2-9,20H,1H3/b7-6+. The van der Waals surface area contributed by atoms with E-state index in [4.69, 9.17) is 16.3 Å². The van der Waals surface area contributed by atoms with Crippen molar-refractivity contribution in [3.05, 3.63) is 63.1 Å². The molecule has 0 aliphatic heterocycles. The Kier molecular flexibility index (Phi) is 5.04. The fourth-order valence-electron chi connectivity index (χ4n) is 1.77. The van der Waals surface area contributed by atoms with Gasteiger partial charge in [-0.05, 0) is 35.9 Å².